The van der Waals surface area contributed by atoms with Gasteiger partial charge in [-0.25, -0.2) is 0 Å². The van der Waals surface area contributed by atoms with Crippen LogP contribution < -0.4 is 5.73 Å². The highest BCUT2D eigenvalue weighted by Crippen LogP contribution is 2.42. The lowest BCUT2D eigenvalue weighted by Crippen LogP contribution is -2.44. The molecule has 0 saturated carbocycles. The van der Waals surface area contributed by atoms with Crippen LogP contribution in [0.5, 0.6) is 0 Å². The van der Waals surface area contributed by atoms with Crippen molar-refractivity contribution in [2.75, 3.05) is 6.61 Å². The van der Waals surface area contributed by atoms with E-state index in [4.69, 9.17) is 15.2 Å². The first-order chi connectivity index (χ1) is 13.1. The largest absolute Gasteiger partial charge is 0.493 e. The van der Waals surface area contributed by atoms with Crippen molar-refractivity contribution in [1.29, 1.82) is 0 Å². The number of allylic oxidation sites excluding steroid dienone is 5. The van der Waals surface area contributed by atoms with E-state index in [1.54, 1.807) is 0 Å². The molecule has 2 atom stereocenters. The monoisotopic (exact) mass is 385 g/mol. The zero-order valence-corrected chi connectivity index (χ0v) is 18.8. The van der Waals surface area contributed by atoms with E-state index in [1.165, 1.54) is 41.6 Å². The van der Waals surface area contributed by atoms with Gasteiger partial charge in [-0.3, -0.25) is 0 Å². The highest BCUT2D eigenvalue weighted by molar-refractivity contribution is 5.39. The molecule has 0 amide bonds. The predicted molar refractivity (Wildman–Crippen MR) is 117 cm³/mol. The fourth-order valence-corrected chi connectivity index (χ4v) is 4.98. The fourth-order valence-electron chi connectivity index (χ4n) is 4.98. The van der Waals surface area contributed by atoms with Crippen LogP contribution in [0.1, 0.15) is 86.5 Å². The van der Waals surface area contributed by atoms with Gasteiger partial charge in [-0.2, -0.15) is 0 Å². The summed E-state index contributed by atoms with van der Waals surface area (Å²) in [4.78, 5) is 0. The van der Waals surface area contributed by atoms with Crippen molar-refractivity contribution in [3.8, 4) is 0 Å². The average Bonchev–Trinajstić information content (AvgIpc) is 2.59. The molecule has 2 N–H and O–H groups in total. The lowest BCUT2D eigenvalue weighted by atomic mass is 9.73. The smallest absolute Gasteiger partial charge is 0.124 e. The van der Waals surface area contributed by atoms with E-state index in [0.717, 1.165) is 37.2 Å². The maximum absolute atomic E-state index is 6.78. The summed E-state index contributed by atoms with van der Waals surface area (Å²) < 4.78 is 12.5. The molecule has 3 aliphatic rings. The molecule has 2 aliphatic heterocycles. The summed E-state index contributed by atoms with van der Waals surface area (Å²) in [5, 5.41) is 0. The van der Waals surface area contributed by atoms with Gasteiger partial charge in [-0.1, -0.05) is 31.1 Å². The molecule has 28 heavy (non-hydrogen) atoms. The Kier molecular flexibility index (Phi) is 6.14. The van der Waals surface area contributed by atoms with Gasteiger partial charge in [-0.05, 0) is 84.3 Å². The van der Waals surface area contributed by atoms with E-state index in [2.05, 4.69) is 53.7 Å². The third-order valence-corrected chi connectivity index (χ3v) is 6.52. The topological polar surface area (TPSA) is 44.5 Å². The van der Waals surface area contributed by atoms with Crippen LogP contribution in [0.15, 0.2) is 46.0 Å². The standard InChI is InChI=1S/C25H39NO2/c1-7-8-9-19-10-11-22(25(6,26)15-19)20-14-17(2)23(27-16-20)21-12-13-24(4,5)28-18(21)3/h10-11,20H,7-9,12-16,26H2,1-6H3/t20?,25-/m0/s1. The second-order valence-corrected chi connectivity index (χ2v) is 9.86. The highest BCUT2D eigenvalue weighted by atomic mass is 16.5. The minimum absolute atomic E-state index is 0.0741. The molecular weight excluding hydrogens is 346 g/mol. The van der Waals surface area contributed by atoms with Gasteiger partial charge in [0.05, 0.1) is 6.61 Å². The maximum Gasteiger partial charge on any atom is 0.124 e. The van der Waals surface area contributed by atoms with E-state index < -0.39 is 0 Å². The number of unbranched alkanes of at least 4 members (excludes halogenated alkanes) is 1. The van der Waals surface area contributed by atoms with Crippen LogP contribution in [0, 0.1) is 5.92 Å². The van der Waals surface area contributed by atoms with E-state index in [0.29, 0.717) is 12.5 Å². The van der Waals surface area contributed by atoms with Crippen LogP contribution in [0.2, 0.25) is 0 Å². The molecule has 0 aromatic heterocycles. The Balaban J connectivity index is 1.78. The maximum atomic E-state index is 6.78. The Labute approximate surface area is 171 Å². The first-order valence-electron chi connectivity index (χ1n) is 11.0. The molecule has 0 saturated heterocycles. The molecule has 1 unspecified atom stereocenters. The van der Waals surface area contributed by atoms with Gasteiger partial charge in [0.25, 0.3) is 0 Å². The van der Waals surface area contributed by atoms with Crippen LogP contribution in [-0.2, 0) is 9.47 Å². The lowest BCUT2D eigenvalue weighted by molar-refractivity contribution is 0.0109. The first-order valence-corrected chi connectivity index (χ1v) is 11.0. The van der Waals surface area contributed by atoms with Gasteiger partial charge in [0.2, 0.25) is 0 Å². The van der Waals surface area contributed by atoms with E-state index in [9.17, 15) is 0 Å². The zero-order valence-electron chi connectivity index (χ0n) is 18.8. The number of hydrogen-bond donors (Lipinski definition) is 1. The highest BCUT2D eigenvalue weighted by Gasteiger charge is 2.36. The summed E-state index contributed by atoms with van der Waals surface area (Å²) in [5.74, 6) is 2.45. The molecule has 3 rings (SSSR count). The quantitative estimate of drug-likeness (QED) is 0.602. The summed E-state index contributed by atoms with van der Waals surface area (Å²) in [6.45, 7) is 13.8. The molecule has 3 nitrogen and oxygen atoms in total. The second kappa shape index (κ2) is 8.10. The molecule has 0 aromatic carbocycles. The Bertz CT molecular complexity index is 734. The van der Waals surface area contributed by atoms with Gasteiger partial charge < -0.3 is 15.2 Å². The Morgan fingerprint density at radius 3 is 2.54 bits per heavy atom. The summed E-state index contributed by atoms with van der Waals surface area (Å²) in [6.07, 6.45) is 12.3. The van der Waals surface area contributed by atoms with Gasteiger partial charge in [0.1, 0.15) is 17.1 Å². The van der Waals surface area contributed by atoms with Crippen molar-refractivity contribution in [3.63, 3.8) is 0 Å². The summed E-state index contributed by atoms with van der Waals surface area (Å²) in [7, 11) is 0. The van der Waals surface area contributed by atoms with Crippen LogP contribution in [0.3, 0.4) is 0 Å². The third kappa shape index (κ3) is 4.56. The third-order valence-electron chi connectivity index (χ3n) is 6.52. The molecule has 2 heterocycles. The van der Waals surface area contributed by atoms with Gasteiger partial charge >= 0.3 is 0 Å². The van der Waals surface area contributed by atoms with E-state index >= 15 is 0 Å². The summed E-state index contributed by atoms with van der Waals surface area (Å²) in [5.41, 5.74) is 11.9. The molecule has 0 spiro atoms. The zero-order chi connectivity index (χ0) is 20.5. The van der Waals surface area contributed by atoms with Gasteiger partial charge in [0, 0.05) is 17.0 Å². The average molecular weight is 386 g/mol. The Morgan fingerprint density at radius 1 is 1.18 bits per heavy atom. The molecule has 3 heteroatoms. The Morgan fingerprint density at radius 2 is 1.93 bits per heavy atom. The molecule has 0 aromatic rings. The van der Waals surface area contributed by atoms with Crippen molar-refractivity contribution < 1.29 is 9.47 Å². The molecule has 0 bridgehead atoms. The normalized spacial score (nSPS) is 30.5. The lowest BCUT2D eigenvalue weighted by Gasteiger charge is -2.40. The van der Waals surface area contributed by atoms with Crippen molar-refractivity contribution in [2.24, 2.45) is 11.7 Å². The molecular formula is C25H39NO2. The predicted octanol–water partition coefficient (Wildman–Crippen LogP) is 6.32. The van der Waals surface area contributed by atoms with Crippen molar-refractivity contribution in [3.05, 3.63) is 46.0 Å². The molecule has 156 valence electrons. The Hall–Kier alpha value is -1.48. The number of ether oxygens (including phenoxy) is 2. The fraction of sp³-hybridized carbons (Fsp3) is 0.680. The van der Waals surface area contributed by atoms with Gasteiger partial charge in [0.15, 0.2) is 0 Å². The number of hydrogen-bond acceptors (Lipinski definition) is 3. The van der Waals surface area contributed by atoms with Crippen LogP contribution in [0.25, 0.3) is 0 Å². The van der Waals surface area contributed by atoms with Crippen LogP contribution in [-0.4, -0.2) is 17.7 Å². The van der Waals surface area contributed by atoms with Crippen LogP contribution in [0.4, 0.5) is 0 Å². The minimum Gasteiger partial charge on any atom is -0.493 e. The molecule has 1 aliphatic carbocycles. The minimum atomic E-state index is -0.267. The SMILES string of the molecule is CCCCC1=CC=C(C2COC(C3=C(C)OC(C)(C)CC3)=C(C)C2)[C@@](C)(N)C1. The number of rotatable bonds is 5. The van der Waals surface area contributed by atoms with E-state index in [1.807, 2.05) is 0 Å². The molecule has 0 radical (unpaired) electrons. The van der Waals surface area contributed by atoms with Crippen molar-refractivity contribution in [1.82, 2.24) is 0 Å². The van der Waals surface area contributed by atoms with E-state index in [-0.39, 0.29) is 11.1 Å². The first kappa shape index (κ1) is 21.2. The number of nitrogens with two attached hydrogens (primary N) is 1. The summed E-state index contributed by atoms with van der Waals surface area (Å²) in [6, 6.07) is 0. The van der Waals surface area contributed by atoms with Crippen molar-refractivity contribution >= 4 is 0 Å². The van der Waals surface area contributed by atoms with Crippen molar-refractivity contribution in [2.45, 2.75) is 97.6 Å². The summed E-state index contributed by atoms with van der Waals surface area (Å²) >= 11 is 0. The van der Waals surface area contributed by atoms with Crippen LogP contribution >= 0.6 is 0 Å². The second-order valence-electron chi connectivity index (χ2n) is 9.86. The van der Waals surface area contributed by atoms with Gasteiger partial charge in [-0.15, -0.1) is 0 Å². The molecule has 0 fully saturated rings.